The molecule has 1 unspecified atom stereocenters. The maximum absolute atomic E-state index is 9.49. The van der Waals surface area contributed by atoms with Gasteiger partial charge in [-0.1, -0.05) is 30.3 Å². The highest BCUT2D eigenvalue weighted by molar-refractivity contribution is 5.80. The van der Waals surface area contributed by atoms with Crippen molar-refractivity contribution in [3.63, 3.8) is 0 Å². The highest BCUT2D eigenvalue weighted by Crippen LogP contribution is 2.19. The van der Waals surface area contributed by atoms with E-state index in [0.717, 1.165) is 22.2 Å². The Hall–Kier alpha value is -2.13. The van der Waals surface area contributed by atoms with Crippen LogP contribution in [0.3, 0.4) is 0 Å². The zero-order valence-electron chi connectivity index (χ0n) is 10.1. The SMILES string of the molecule is CC(O)c1ccc(-n2ncc3ccccc32)cc1. The summed E-state index contributed by atoms with van der Waals surface area (Å²) in [5, 5.41) is 15.0. The summed E-state index contributed by atoms with van der Waals surface area (Å²) >= 11 is 0. The first-order valence-corrected chi connectivity index (χ1v) is 5.97. The second kappa shape index (κ2) is 4.27. The van der Waals surface area contributed by atoms with Crippen molar-refractivity contribution >= 4 is 10.9 Å². The number of hydrogen-bond donors (Lipinski definition) is 1. The van der Waals surface area contributed by atoms with Gasteiger partial charge < -0.3 is 5.11 Å². The van der Waals surface area contributed by atoms with Crippen molar-refractivity contribution in [3.05, 3.63) is 60.3 Å². The van der Waals surface area contributed by atoms with E-state index in [4.69, 9.17) is 0 Å². The van der Waals surface area contributed by atoms with Crippen LogP contribution >= 0.6 is 0 Å². The topological polar surface area (TPSA) is 38.0 Å². The number of fused-ring (bicyclic) bond motifs is 1. The average molecular weight is 238 g/mol. The Kier molecular flexibility index (Phi) is 2.61. The number of para-hydroxylation sites is 1. The van der Waals surface area contributed by atoms with Gasteiger partial charge in [0.2, 0.25) is 0 Å². The summed E-state index contributed by atoms with van der Waals surface area (Å²) in [6.07, 6.45) is 1.42. The molecule has 1 N–H and O–H groups in total. The number of aromatic nitrogens is 2. The van der Waals surface area contributed by atoms with Crippen molar-refractivity contribution in [1.82, 2.24) is 9.78 Å². The molecule has 0 spiro atoms. The van der Waals surface area contributed by atoms with Crippen molar-refractivity contribution < 1.29 is 5.11 Å². The molecule has 1 atom stereocenters. The normalized spacial score (nSPS) is 12.8. The molecule has 1 aromatic heterocycles. The van der Waals surface area contributed by atoms with Gasteiger partial charge in [-0.3, -0.25) is 0 Å². The van der Waals surface area contributed by atoms with Crippen molar-refractivity contribution in [2.75, 3.05) is 0 Å². The van der Waals surface area contributed by atoms with E-state index in [1.807, 2.05) is 59.4 Å². The zero-order valence-corrected chi connectivity index (χ0v) is 10.1. The molecule has 0 aliphatic carbocycles. The molecule has 3 heteroatoms. The quantitative estimate of drug-likeness (QED) is 0.745. The monoisotopic (exact) mass is 238 g/mol. The zero-order chi connectivity index (χ0) is 12.5. The molecule has 18 heavy (non-hydrogen) atoms. The highest BCUT2D eigenvalue weighted by Gasteiger charge is 2.05. The highest BCUT2D eigenvalue weighted by atomic mass is 16.3. The van der Waals surface area contributed by atoms with E-state index in [0.29, 0.717) is 0 Å². The third-order valence-corrected chi connectivity index (χ3v) is 3.10. The van der Waals surface area contributed by atoms with Gasteiger partial charge in [0.15, 0.2) is 0 Å². The van der Waals surface area contributed by atoms with Crippen LogP contribution in [-0.4, -0.2) is 14.9 Å². The molecule has 0 amide bonds. The van der Waals surface area contributed by atoms with Crippen molar-refractivity contribution in [1.29, 1.82) is 0 Å². The Balaban J connectivity index is 2.09. The fourth-order valence-corrected chi connectivity index (χ4v) is 2.07. The molecule has 0 saturated carbocycles. The first kappa shape index (κ1) is 11.0. The van der Waals surface area contributed by atoms with Gasteiger partial charge in [-0.05, 0) is 30.7 Å². The van der Waals surface area contributed by atoms with Gasteiger partial charge in [-0.2, -0.15) is 5.10 Å². The van der Waals surface area contributed by atoms with Gasteiger partial charge in [-0.25, -0.2) is 4.68 Å². The summed E-state index contributed by atoms with van der Waals surface area (Å²) < 4.78 is 1.90. The average Bonchev–Trinajstić information content (AvgIpc) is 2.82. The van der Waals surface area contributed by atoms with Crippen LogP contribution < -0.4 is 0 Å². The second-order valence-electron chi connectivity index (χ2n) is 4.38. The molecule has 0 saturated heterocycles. The van der Waals surface area contributed by atoms with Crippen LogP contribution in [0.25, 0.3) is 16.6 Å². The van der Waals surface area contributed by atoms with Crippen LogP contribution in [0.1, 0.15) is 18.6 Å². The van der Waals surface area contributed by atoms with E-state index in [2.05, 4.69) is 5.10 Å². The van der Waals surface area contributed by atoms with Gasteiger partial charge in [0.25, 0.3) is 0 Å². The lowest BCUT2D eigenvalue weighted by molar-refractivity contribution is 0.199. The second-order valence-corrected chi connectivity index (χ2v) is 4.38. The number of benzene rings is 2. The maximum Gasteiger partial charge on any atom is 0.0761 e. The lowest BCUT2D eigenvalue weighted by Crippen LogP contribution is -1.97. The van der Waals surface area contributed by atoms with Gasteiger partial charge in [0.05, 0.1) is 23.5 Å². The molecule has 3 rings (SSSR count). The molecule has 3 aromatic rings. The van der Waals surface area contributed by atoms with Crippen LogP contribution in [0.15, 0.2) is 54.7 Å². The third-order valence-electron chi connectivity index (χ3n) is 3.10. The smallest absolute Gasteiger partial charge is 0.0761 e. The Morgan fingerprint density at radius 3 is 2.50 bits per heavy atom. The Bertz CT molecular complexity index is 668. The number of aliphatic hydroxyl groups excluding tert-OH is 1. The number of aliphatic hydroxyl groups is 1. The minimum Gasteiger partial charge on any atom is -0.389 e. The van der Waals surface area contributed by atoms with Crippen molar-refractivity contribution in [2.45, 2.75) is 13.0 Å². The van der Waals surface area contributed by atoms with Crippen molar-refractivity contribution in [2.24, 2.45) is 0 Å². The van der Waals surface area contributed by atoms with Crippen LogP contribution in [0, 0.1) is 0 Å². The van der Waals surface area contributed by atoms with Gasteiger partial charge in [0, 0.05) is 5.39 Å². The third kappa shape index (κ3) is 1.79. The van der Waals surface area contributed by atoms with E-state index < -0.39 is 6.10 Å². The standard InChI is InChI=1S/C15H14N2O/c1-11(18)12-6-8-14(9-7-12)17-15-5-3-2-4-13(15)10-16-17/h2-11,18H,1H3. The number of hydrogen-bond acceptors (Lipinski definition) is 2. The van der Waals surface area contributed by atoms with Crippen molar-refractivity contribution in [3.8, 4) is 5.69 Å². The number of nitrogens with zero attached hydrogens (tertiary/aromatic N) is 2. The largest absolute Gasteiger partial charge is 0.389 e. The molecule has 0 radical (unpaired) electrons. The molecule has 0 aliphatic heterocycles. The first-order valence-electron chi connectivity index (χ1n) is 5.97. The Morgan fingerprint density at radius 1 is 1.06 bits per heavy atom. The molecule has 0 fully saturated rings. The molecular formula is C15H14N2O. The number of rotatable bonds is 2. The molecule has 0 aliphatic rings. The minimum atomic E-state index is -0.437. The summed E-state index contributed by atoms with van der Waals surface area (Å²) in [6, 6.07) is 15.9. The molecule has 3 nitrogen and oxygen atoms in total. The summed E-state index contributed by atoms with van der Waals surface area (Å²) in [7, 11) is 0. The van der Waals surface area contributed by atoms with Crippen LogP contribution in [-0.2, 0) is 0 Å². The van der Waals surface area contributed by atoms with E-state index >= 15 is 0 Å². The molecule has 2 aromatic carbocycles. The summed E-state index contributed by atoms with van der Waals surface area (Å²) in [5.41, 5.74) is 3.00. The van der Waals surface area contributed by atoms with E-state index in [-0.39, 0.29) is 0 Å². The fourth-order valence-electron chi connectivity index (χ4n) is 2.07. The molecule has 0 bridgehead atoms. The molecular weight excluding hydrogens is 224 g/mol. The minimum absolute atomic E-state index is 0.437. The van der Waals surface area contributed by atoms with E-state index in [1.165, 1.54) is 0 Å². The van der Waals surface area contributed by atoms with Gasteiger partial charge >= 0.3 is 0 Å². The van der Waals surface area contributed by atoms with E-state index in [9.17, 15) is 5.11 Å². The van der Waals surface area contributed by atoms with E-state index in [1.54, 1.807) is 6.92 Å². The Labute approximate surface area is 105 Å². The maximum atomic E-state index is 9.49. The molecule has 1 heterocycles. The fraction of sp³-hybridized carbons (Fsp3) is 0.133. The van der Waals surface area contributed by atoms with Crippen LogP contribution in [0.4, 0.5) is 0 Å². The first-order chi connectivity index (χ1) is 8.75. The predicted molar refractivity (Wildman–Crippen MR) is 71.7 cm³/mol. The summed E-state index contributed by atoms with van der Waals surface area (Å²) in [4.78, 5) is 0. The van der Waals surface area contributed by atoms with Crippen LogP contribution in [0.5, 0.6) is 0 Å². The summed E-state index contributed by atoms with van der Waals surface area (Å²) in [6.45, 7) is 1.76. The predicted octanol–water partition coefficient (Wildman–Crippen LogP) is 3.08. The van der Waals surface area contributed by atoms with Gasteiger partial charge in [0.1, 0.15) is 0 Å². The van der Waals surface area contributed by atoms with Crippen LogP contribution in [0.2, 0.25) is 0 Å². The lowest BCUT2D eigenvalue weighted by Gasteiger charge is -2.07. The Morgan fingerprint density at radius 2 is 1.78 bits per heavy atom. The van der Waals surface area contributed by atoms with Gasteiger partial charge in [-0.15, -0.1) is 0 Å². The molecule has 90 valence electrons. The lowest BCUT2D eigenvalue weighted by atomic mass is 10.1. The summed E-state index contributed by atoms with van der Waals surface area (Å²) in [5.74, 6) is 0.